The number of rotatable bonds is 1. The van der Waals surface area contributed by atoms with Gasteiger partial charge in [-0.2, -0.15) is 0 Å². The van der Waals surface area contributed by atoms with Gasteiger partial charge in [-0.05, 0) is 116 Å². The molecule has 0 amide bonds. The molecule has 0 radical (unpaired) electrons. The molecule has 8 rings (SSSR count). The molecule has 0 aromatic carbocycles. The minimum atomic E-state index is 0.519. The van der Waals surface area contributed by atoms with E-state index < -0.39 is 0 Å². The Balaban J connectivity index is 1.48. The van der Waals surface area contributed by atoms with E-state index in [4.69, 9.17) is 0 Å². The molecule has 8 bridgehead atoms. The molecule has 0 heterocycles. The van der Waals surface area contributed by atoms with Crippen LogP contribution in [0.3, 0.4) is 0 Å². The van der Waals surface area contributed by atoms with Crippen molar-refractivity contribution in [2.45, 2.75) is 95.2 Å². The molecule has 23 heavy (non-hydrogen) atoms. The molecule has 1 heteroatoms. The van der Waals surface area contributed by atoms with Crippen LogP contribution in [0.15, 0.2) is 0 Å². The third-order valence-electron chi connectivity index (χ3n) is 9.76. The lowest BCUT2D eigenvalue weighted by atomic mass is 9.31. The van der Waals surface area contributed by atoms with Crippen LogP contribution in [0.2, 0.25) is 0 Å². The van der Waals surface area contributed by atoms with Gasteiger partial charge in [0.15, 0.2) is 0 Å². The van der Waals surface area contributed by atoms with E-state index in [1.54, 1.807) is 57.8 Å². The fourth-order valence-corrected chi connectivity index (χ4v) is 12.4. The summed E-state index contributed by atoms with van der Waals surface area (Å²) in [6.07, 6.45) is 18.8. The highest BCUT2D eigenvalue weighted by Gasteiger charge is 2.70. The second-order valence-corrected chi connectivity index (χ2v) is 14.0. The van der Waals surface area contributed by atoms with Crippen LogP contribution < -0.4 is 0 Å². The van der Waals surface area contributed by atoms with E-state index in [0.717, 1.165) is 23.2 Å². The van der Waals surface area contributed by atoms with Crippen LogP contribution in [0, 0.1) is 39.4 Å². The second-order valence-electron chi connectivity index (χ2n) is 12.3. The molecule has 8 aliphatic rings. The Morgan fingerprint density at radius 3 is 1.83 bits per heavy atom. The molecule has 0 aromatic rings. The van der Waals surface area contributed by atoms with Gasteiger partial charge in [0.05, 0.1) is 0 Å². The molecule has 128 valence electrons. The van der Waals surface area contributed by atoms with Crippen molar-refractivity contribution in [3.63, 3.8) is 0 Å². The topological polar surface area (TPSA) is 0 Å². The monoisotopic (exact) mass is 376 g/mol. The summed E-state index contributed by atoms with van der Waals surface area (Å²) < 4.78 is 0.519. The summed E-state index contributed by atoms with van der Waals surface area (Å²) in [6, 6.07) is 0. The largest absolute Gasteiger partial charge is 0.0853 e. The molecule has 0 aliphatic heterocycles. The first kappa shape index (κ1) is 14.6. The van der Waals surface area contributed by atoms with Crippen LogP contribution in [0.1, 0.15) is 90.9 Å². The third kappa shape index (κ3) is 1.79. The van der Waals surface area contributed by atoms with Gasteiger partial charge in [-0.3, -0.25) is 0 Å². The summed E-state index contributed by atoms with van der Waals surface area (Å²) in [4.78, 5) is 0. The van der Waals surface area contributed by atoms with Crippen molar-refractivity contribution in [2.75, 3.05) is 0 Å². The normalized spacial score (nSPS) is 68.7. The summed E-state index contributed by atoms with van der Waals surface area (Å²) in [6.45, 7) is 5.33. The number of hydrogen-bond acceptors (Lipinski definition) is 0. The fraction of sp³-hybridized carbons (Fsp3) is 1.00. The van der Waals surface area contributed by atoms with Gasteiger partial charge in [0.2, 0.25) is 0 Å². The Bertz CT molecular complexity index is 545. The molecule has 8 aliphatic carbocycles. The van der Waals surface area contributed by atoms with Crippen molar-refractivity contribution in [1.82, 2.24) is 0 Å². The first-order valence-corrected chi connectivity index (χ1v) is 11.2. The Morgan fingerprint density at radius 1 is 0.609 bits per heavy atom. The van der Waals surface area contributed by atoms with Gasteiger partial charge >= 0.3 is 0 Å². The van der Waals surface area contributed by atoms with E-state index in [9.17, 15) is 0 Å². The first-order valence-electron chi connectivity index (χ1n) is 10.4. The van der Waals surface area contributed by atoms with Gasteiger partial charge in [0.25, 0.3) is 0 Å². The summed E-state index contributed by atoms with van der Waals surface area (Å²) in [5, 5.41) is 0. The van der Waals surface area contributed by atoms with E-state index in [-0.39, 0.29) is 0 Å². The average molecular weight is 377 g/mol. The van der Waals surface area contributed by atoms with Crippen LogP contribution >= 0.6 is 15.9 Å². The average Bonchev–Trinajstić information content (AvgIpc) is 2.30. The number of hydrogen-bond donors (Lipinski definition) is 0. The molecule has 6 atom stereocenters. The van der Waals surface area contributed by atoms with Gasteiger partial charge in [-0.15, -0.1) is 0 Å². The first-order chi connectivity index (χ1) is 10.7. The lowest BCUT2D eigenvalue weighted by Gasteiger charge is -2.74. The zero-order valence-electron chi connectivity index (χ0n) is 15.1. The van der Waals surface area contributed by atoms with Gasteiger partial charge in [-0.25, -0.2) is 0 Å². The molecule has 0 saturated heterocycles. The third-order valence-corrected chi connectivity index (χ3v) is 10.6. The minimum absolute atomic E-state index is 0.519. The van der Waals surface area contributed by atoms with Crippen LogP contribution in [0.25, 0.3) is 0 Å². The van der Waals surface area contributed by atoms with E-state index in [1.807, 2.05) is 0 Å². The summed E-state index contributed by atoms with van der Waals surface area (Å²) in [5.74, 6) is 3.22. The Morgan fingerprint density at radius 2 is 1.22 bits per heavy atom. The predicted octanol–water partition coefficient (Wildman–Crippen LogP) is 6.72. The number of halogens is 1. The summed E-state index contributed by atoms with van der Waals surface area (Å²) in [7, 11) is 0. The smallest absolute Gasteiger partial charge is 0.0271 e. The quantitative estimate of drug-likeness (QED) is 0.445. The predicted molar refractivity (Wildman–Crippen MR) is 98.6 cm³/mol. The Labute approximate surface area is 150 Å². The van der Waals surface area contributed by atoms with Crippen molar-refractivity contribution in [1.29, 1.82) is 0 Å². The maximum atomic E-state index is 4.32. The molecule has 6 unspecified atom stereocenters. The summed E-state index contributed by atoms with van der Waals surface area (Å²) in [5.41, 5.74) is 2.83. The maximum absolute atomic E-state index is 4.32. The summed E-state index contributed by atoms with van der Waals surface area (Å²) >= 11 is 4.32. The SMILES string of the molecule is CC12CC3CC(C1)CC(C14CC5CC(C)(CC(Br)(C5)C1)C4)(C3)C2. The zero-order valence-corrected chi connectivity index (χ0v) is 16.7. The molecule has 0 N–H and O–H groups in total. The van der Waals surface area contributed by atoms with Crippen LogP contribution in [0.4, 0.5) is 0 Å². The van der Waals surface area contributed by atoms with Crippen LogP contribution in [-0.2, 0) is 0 Å². The van der Waals surface area contributed by atoms with Crippen molar-refractivity contribution in [2.24, 2.45) is 39.4 Å². The van der Waals surface area contributed by atoms with Gasteiger partial charge < -0.3 is 0 Å². The molecular weight excluding hydrogens is 344 g/mol. The highest BCUT2D eigenvalue weighted by Crippen LogP contribution is 2.79. The molecular formula is C22H33Br. The molecule has 8 fully saturated rings. The minimum Gasteiger partial charge on any atom is -0.0853 e. The maximum Gasteiger partial charge on any atom is 0.0271 e. The Hall–Kier alpha value is 0.480. The lowest BCUT2D eigenvalue weighted by molar-refractivity contribution is -0.226. The van der Waals surface area contributed by atoms with E-state index >= 15 is 0 Å². The van der Waals surface area contributed by atoms with Crippen LogP contribution in [0.5, 0.6) is 0 Å². The molecule has 8 saturated carbocycles. The molecule has 0 nitrogen and oxygen atoms in total. The second kappa shape index (κ2) is 3.91. The van der Waals surface area contributed by atoms with E-state index in [1.165, 1.54) is 19.3 Å². The van der Waals surface area contributed by atoms with Gasteiger partial charge in [0, 0.05) is 4.32 Å². The van der Waals surface area contributed by atoms with Gasteiger partial charge in [0.1, 0.15) is 0 Å². The van der Waals surface area contributed by atoms with Crippen molar-refractivity contribution in [3.05, 3.63) is 0 Å². The van der Waals surface area contributed by atoms with Gasteiger partial charge in [-0.1, -0.05) is 29.8 Å². The molecule has 0 aromatic heterocycles. The highest BCUT2D eigenvalue weighted by molar-refractivity contribution is 9.10. The Kier molecular flexibility index (Phi) is 2.49. The van der Waals surface area contributed by atoms with Crippen LogP contribution in [-0.4, -0.2) is 4.32 Å². The standard InChI is InChI=1S/C22H33Br/c1-18-4-15-3-16(5-18)8-20(7-15,11-18)21-9-17-6-19(2,12-21)13-22(23,10-17)14-21/h15-17H,3-14H2,1-2H3. The fourth-order valence-electron chi connectivity index (χ4n) is 10.7. The highest BCUT2D eigenvalue weighted by atomic mass is 79.9. The van der Waals surface area contributed by atoms with E-state index in [0.29, 0.717) is 20.6 Å². The molecule has 0 spiro atoms. The van der Waals surface area contributed by atoms with Crippen molar-refractivity contribution < 1.29 is 0 Å². The lowest BCUT2D eigenvalue weighted by Crippen LogP contribution is -2.66. The zero-order chi connectivity index (χ0) is 15.7. The van der Waals surface area contributed by atoms with E-state index in [2.05, 4.69) is 29.8 Å². The number of alkyl halides is 1. The van der Waals surface area contributed by atoms with Crippen molar-refractivity contribution >= 4 is 15.9 Å². The van der Waals surface area contributed by atoms with Crippen molar-refractivity contribution in [3.8, 4) is 0 Å².